The van der Waals surface area contributed by atoms with E-state index < -0.39 is 0 Å². The van der Waals surface area contributed by atoms with Crippen LogP contribution in [-0.4, -0.2) is 22.4 Å². The molecule has 0 aromatic carbocycles. The molecule has 1 fully saturated rings. The molecule has 21 heavy (non-hydrogen) atoms. The van der Waals surface area contributed by atoms with E-state index in [1.807, 2.05) is 10.9 Å². The quantitative estimate of drug-likeness (QED) is 0.872. The lowest BCUT2D eigenvalue weighted by atomic mass is 9.98. The number of aromatic nitrogens is 2. The topological polar surface area (TPSA) is 39.1 Å². The van der Waals surface area contributed by atoms with Crippen LogP contribution in [0.1, 0.15) is 37.0 Å². The van der Waals surface area contributed by atoms with E-state index in [0.717, 1.165) is 32.5 Å². The lowest BCUT2D eigenvalue weighted by Gasteiger charge is -2.32. The van der Waals surface area contributed by atoms with Gasteiger partial charge in [-0.3, -0.25) is 4.68 Å². The zero-order valence-corrected chi connectivity index (χ0v) is 14.5. The molecule has 3 heterocycles. The Morgan fingerprint density at radius 3 is 3.19 bits per heavy atom. The SMILES string of the molecule is CCn1cc([C@H]2OCCC[C@@H]2NCc2csc(Br)c2)cn1. The molecule has 0 amide bonds. The Kier molecular flexibility index (Phi) is 5.11. The Balaban J connectivity index is 1.66. The molecule has 0 radical (unpaired) electrons. The van der Waals surface area contributed by atoms with Crippen LogP contribution in [0.5, 0.6) is 0 Å². The molecular weight excluding hydrogens is 350 g/mol. The van der Waals surface area contributed by atoms with Gasteiger partial charge in [0.05, 0.1) is 9.98 Å². The van der Waals surface area contributed by atoms with Gasteiger partial charge in [0.2, 0.25) is 0 Å². The highest BCUT2D eigenvalue weighted by Gasteiger charge is 2.28. The summed E-state index contributed by atoms with van der Waals surface area (Å²) in [5, 5.41) is 10.2. The molecule has 1 aliphatic heterocycles. The van der Waals surface area contributed by atoms with Gasteiger partial charge in [0.25, 0.3) is 0 Å². The van der Waals surface area contributed by atoms with Crippen molar-refractivity contribution in [2.45, 2.75) is 45.0 Å². The standard InChI is InChI=1S/C15H20BrN3OS/c1-2-19-9-12(8-18-19)15-13(4-3-5-20-15)17-7-11-6-14(16)21-10-11/h6,8-10,13,15,17H,2-5,7H2,1H3/t13-,15+/m0/s1. The Bertz CT molecular complexity index is 583. The third kappa shape index (κ3) is 3.74. The highest BCUT2D eigenvalue weighted by atomic mass is 79.9. The Morgan fingerprint density at radius 1 is 1.57 bits per heavy atom. The van der Waals surface area contributed by atoms with Crippen molar-refractivity contribution < 1.29 is 4.74 Å². The van der Waals surface area contributed by atoms with Crippen LogP contribution in [0.25, 0.3) is 0 Å². The molecular formula is C15H20BrN3OS. The average molecular weight is 370 g/mol. The lowest BCUT2D eigenvalue weighted by Crippen LogP contribution is -2.38. The molecule has 2 aromatic rings. The second-order valence-electron chi connectivity index (χ2n) is 5.31. The second-order valence-corrected chi connectivity index (χ2v) is 7.60. The minimum absolute atomic E-state index is 0.112. The van der Waals surface area contributed by atoms with Gasteiger partial charge in [0.1, 0.15) is 6.10 Å². The van der Waals surface area contributed by atoms with Crippen LogP contribution in [0.15, 0.2) is 27.6 Å². The van der Waals surface area contributed by atoms with Crippen molar-refractivity contribution in [2.75, 3.05) is 6.61 Å². The number of hydrogen-bond donors (Lipinski definition) is 1. The summed E-state index contributed by atoms with van der Waals surface area (Å²) in [5.41, 5.74) is 2.50. The van der Waals surface area contributed by atoms with E-state index in [1.165, 1.54) is 14.9 Å². The molecule has 2 atom stereocenters. The number of rotatable bonds is 5. The predicted octanol–water partition coefficient (Wildman–Crippen LogP) is 3.74. The van der Waals surface area contributed by atoms with E-state index in [1.54, 1.807) is 11.3 Å². The highest BCUT2D eigenvalue weighted by Crippen LogP contribution is 2.29. The van der Waals surface area contributed by atoms with Crippen LogP contribution in [0.2, 0.25) is 0 Å². The van der Waals surface area contributed by atoms with E-state index >= 15 is 0 Å². The minimum atomic E-state index is 0.112. The molecule has 2 aromatic heterocycles. The molecule has 1 aliphatic rings. The fourth-order valence-electron chi connectivity index (χ4n) is 2.71. The average Bonchev–Trinajstić information content (AvgIpc) is 3.14. The largest absolute Gasteiger partial charge is 0.372 e. The molecule has 0 bridgehead atoms. The number of ether oxygens (including phenoxy) is 1. The maximum atomic E-state index is 6.01. The summed E-state index contributed by atoms with van der Waals surface area (Å²) >= 11 is 5.24. The van der Waals surface area contributed by atoms with E-state index in [-0.39, 0.29) is 6.10 Å². The zero-order valence-electron chi connectivity index (χ0n) is 12.1. The summed E-state index contributed by atoms with van der Waals surface area (Å²) in [6.07, 6.45) is 6.42. The van der Waals surface area contributed by atoms with Gasteiger partial charge in [-0.05, 0) is 52.7 Å². The molecule has 4 nitrogen and oxygen atoms in total. The van der Waals surface area contributed by atoms with Crippen molar-refractivity contribution in [3.05, 3.63) is 38.8 Å². The van der Waals surface area contributed by atoms with Gasteiger partial charge in [-0.2, -0.15) is 5.10 Å². The molecule has 3 rings (SSSR count). The van der Waals surface area contributed by atoms with E-state index in [2.05, 4.69) is 50.9 Å². The van der Waals surface area contributed by atoms with Gasteiger partial charge in [0.15, 0.2) is 0 Å². The van der Waals surface area contributed by atoms with Crippen LogP contribution >= 0.6 is 27.3 Å². The van der Waals surface area contributed by atoms with E-state index in [4.69, 9.17) is 4.74 Å². The smallest absolute Gasteiger partial charge is 0.101 e. The summed E-state index contributed by atoms with van der Waals surface area (Å²) in [6, 6.07) is 2.53. The number of nitrogens with zero attached hydrogens (tertiary/aromatic N) is 2. The molecule has 0 aliphatic carbocycles. The zero-order chi connectivity index (χ0) is 14.7. The monoisotopic (exact) mass is 369 g/mol. The van der Waals surface area contributed by atoms with Crippen LogP contribution in [-0.2, 0) is 17.8 Å². The summed E-state index contributed by atoms with van der Waals surface area (Å²) in [6.45, 7) is 4.72. The Labute approximate surface area is 137 Å². The fraction of sp³-hybridized carbons (Fsp3) is 0.533. The first-order valence-electron chi connectivity index (χ1n) is 7.36. The van der Waals surface area contributed by atoms with Gasteiger partial charge < -0.3 is 10.1 Å². The first-order chi connectivity index (χ1) is 10.3. The normalized spacial score (nSPS) is 22.6. The summed E-state index contributed by atoms with van der Waals surface area (Å²) < 4.78 is 9.14. The van der Waals surface area contributed by atoms with Gasteiger partial charge in [-0.25, -0.2) is 0 Å². The molecule has 1 saturated heterocycles. The van der Waals surface area contributed by atoms with Crippen LogP contribution < -0.4 is 5.32 Å². The minimum Gasteiger partial charge on any atom is -0.372 e. The van der Waals surface area contributed by atoms with Gasteiger partial charge >= 0.3 is 0 Å². The molecule has 0 unspecified atom stereocenters. The van der Waals surface area contributed by atoms with Crippen molar-refractivity contribution in [2.24, 2.45) is 0 Å². The highest BCUT2D eigenvalue weighted by molar-refractivity contribution is 9.11. The second kappa shape index (κ2) is 7.05. The van der Waals surface area contributed by atoms with Crippen molar-refractivity contribution in [3.8, 4) is 0 Å². The maximum Gasteiger partial charge on any atom is 0.101 e. The number of hydrogen-bond acceptors (Lipinski definition) is 4. The van der Waals surface area contributed by atoms with Gasteiger partial charge in [-0.1, -0.05) is 0 Å². The molecule has 1 N–H and O–H groups in total. The van der Waals surface area contributed by atoms with Gasteiger partial charge in [0, 0.05) is 37.5 Å². The molecule has 0 saturated carbocycles. The number of thiophene rings is 1. The summed E-state index contributed by atoms with van der Waals surface area (Å²) in [5.74, 6) is 0. The number of halogens is 1. The van der Waals surface area contributed by atoms with Crippen molar-refractivity contribution in [1.29, 1.82) is 0 Å². The maximum absolute atomic E-state index is 6.01. The first kappa shape index (κ1) is 15.2. The molecule has 6 heteroatoms. The van der Waals surface area contributed by atoms with Gasteiger partial charge in [-0.15, -0.1) is 11.3 Å². The fourth-order valence-corrected chi connectivity index (χ4v) is 3.91. The van der Waals surface area contributed by atoms with Crippen molar-refractivity contribution in [3.63, 3.8) is 0 Å². The predicted molar refractivity (Wildman–Crippen MR) is 88.5 cm³/mol. The molecule has 0 spiro atoms. The van der Waals surface area contributed by atoms with Crippen molar-refractivity contribution in [1.82, 2.24) is 15.1 Å². The summed E-state index contributed by atoms with van der Waals surface area (Å²) in [4.78, 5) is 0. The number of aryl methyl sites for hydroxylation is 1. The third-order valence-electron chi connectivity index (χ3n) is 3.82. The summed E-state index contributed by atoms with van der Waals surface area (Å²) in [7, 11) is 0. The van der Waals surface area contributed by atoms with Crippen LogP contribution in [0, 0.1) is 0 Å². The Morgan fingerprint density at radius 2 is 2.48 bits per heavy atom. The van der Waals surface area contributed by atoms with E-state index in [0.29, 0.717) is 6.04 Å². The third-order valence-corrected chi connectivity index (χ3v) is 5.37. The Hall–Kier alpha value is -0.690. The van der Waals surface area contributed by atoms with Crippen LogP contribution in [0.3, 0.4) is 0 Å². The lowest BCUT2D eigenvalue weighted by molar-refractivity contribution is -0.0112. The van der Waals surface area contributed by atoms with Crippen molar-refractivity contribution >= 4 is 27.3 Å². The number of nitrogens with one attached hydrogen (secondary N) is 1. The molecule has 114 valence electrons. The van der Waals surface area contributed by atoms with E-state index in [9.17, 15) is 0 Å². The van der Waals surface area contributed by atoms with Crippen LogP contribution in [0.4, 0.5) is 0 Å². The first-order valence-corrected chi connectivity index (χ1v) is 9.03.